The molecule has 0 saturated carbocycles. The van der Waals surface area contributed by atoms with Crippen molar-refractivity contribution in [2.75, 3.05) is 19.4 Å². The summed E-state index contributed by atoms with van der Waals surface area (Å²) in [5.41, 5.74) is 5.55. The Morgan fingerprint density at radius 2 is 2.00 bits per heavy atom. The van der Waals surface area contributed by atoms with E-state index in [2.05, 4.69) is 20.8 Å². The van der Waals surface area contributed by atoms with E-state index in [9.17, 15) is 9.59 Å². The lowest BCUT2D eigenvalue weighted by Crippen LogP contribution is -2.31. The number of carbonyl (C=O) groups is 2. The number of benzene rings is 1. The van der Waals surface area contributed by atoms with Gasteiger partial charge in [0, 0.05) is 31.0 Å². The minimum Gasteiger partial charge on any atom is -0.355 e. The molecule has 0 spiro atoms. The van der Waals surface area contributed by atoms with Gasteiger partial charge >= 0.3 is 6.03 Å². The maximum atomic E-state index is 12.6. The fourth-order valence-electron chi connectivity index (χ4n) is 3.45. The van der Waals surface area contributed by atoms with E-state index >= 15 is 0 Å². The minimum absolute atomic E-state index is 0.146. The zero-order valence-corrected chi connectivity index (χ0v) is 16.2. The first kappa shape index (κ1) is 18.9. The van der Waals surface area contributed by atoms with Crippen LogP contribution in [0, 0.1) is 6.92 Å². The highest BCUT2D eigenvalue weighted by Crippen LogP contribution is 2.23. The summed E-state index contributed by atoms with van der Waals surface area (Å²) in [6.45, 7) is 2.34. The summed E-state index contributed by atoms with van der Waals surface area (Å²) in [5.74, 6) is -0.146. The van der Waals surface area contributed by atoms with Crippen molar-refractivity contribution in [3.8, 4) is 0 Å². The first-order chi connectivity index (χ1) is 13.0. The first-order valence-corrected chi connectivity index (χ1v) is 9.39. The number of nitrogens with one attached hydrogen (secondary N) is 3. The molecule has 7 nitrogen and oxygen atoms in total. The number of fused-ring (bicyclic) bond motifs is 1. The molecule has 0 unspecified atom stereocenters. The van der Waals surface area contributed by atoms with Gasteiger partial charge in [0.25, 0.3) is 5.91 Å². The van der Waals surface area contributed by atoms with E-state index in [0.717, 1.165) is 24.1 Å². The van der Waals surface area contributed by atoms with Crippen LogP contribution in [0.25, 0.3) is 0 Å². The Labute approximate surface area is 159 Å². The molecular weight excluding hydrogens is 342 g/mol. The Hall–Kier alpha value is -2.83. The number of nitrogens with zero attached hydrogens (tertiary/aromatic N) is 2. The van der Waals surface area contributed by atoms with E-state index in [-0.39, 0.29) is 11.9 Å². The van der Waals surface area contributed by atoms with Gasteiger partial charge < -0.3 is 15.5 Å². The lowest BCUT2D eigenvalue weighted by atomic mass is 10.1. The number of urea groups is 1. The van der Waals surface area contributed by atoms with Crippen LogP contribution >= 0.6 is 0 Å². The number of hydrogen-bond donors (Lipinski definition) is 3. The van der Waals surface area contributed by atoms with Crippen LogP contribution in [0.1, 0.15) is 52.1 Å². The van der Waals surface area contributed by atoms with Crippen molar-refractivity contribution in [2.45, 2.75) is 45.6 Å². The third-order valence-corrected chi connectivity index (χ3v) is 5.08. The number of carbonyl (C=O) groups excluding carboxylic acids is 2. The Morgan fingerprint density at radius 3 is 2.74 bits per heavy atom. The standard InChI is InChI=1S/C20H27N5O2/c1-13-11-14(19(26)21-2)9-10-16(13)22-20(27)25(3)12-18-15-7-5-4-6-8-17(15)23-24-18/h9-11H,4-8,12H2,1-3H3,(H,21,26)(H,22,27)(H,23,24). The smallest absolute Gasteiger partial charge is 0.321 e. The number of H-pyrrole nitrogens is 1. The normalized spacial score (nSPS) is 13.4. The van der Waals surface area contributed by atoms with Crippen LogP contribution in [0.5, 0.6) is 0 Å². The second-order valence-corrected chi connectivity index (χ2v) is 7.08. The van der Waals surface area contributed by atoms with Gasteiger partial charge in [-0.25, -0.2) is 4.79 Å². The van der Waals surface area contributed by atoms with Crippen LogP contribution in [0.15, 0.2) is 18.2 Å². The molecule has 0 atom stereocenters. The average molecular weight is 369 g/mol. The van der Waals surface area contributed by atoms with Crippen LogP contribution in [-0.4, -0.2) is 41.1 Å². The third kappa shape index (κ3) is 4.30. The van der Waals surface area contributed by atoms with Crippen molar-refractivity contribution < 1.29 is 9.59 Å². The number of aromatic nitrogens is 2. The van der Waals surface area contributed by atoms with Gasteiger partial charge in [0.2, 0.25) is 0 Å². The van der Waals surface area contributed by atoms with Crippen LogP contribution in [-0.2, 0) is 19.4 Å². The lowest BCUT2D eigenvalue weighted by Gasteiger charge is -2.19. The van der Waals surface area contributed by atoms with Crippen molar-refractivity contribution >= 4 is 17.6 Å². The van der Waals surface area contributed by atoms with Gasteiger partial charge in [-0.3, -0.25) is 9.89 Å². The van der Waals surface area contributed by atoms with Gasteiger partial charge in [-0.2, -0.15) is 5.10 Å². The first-order valence-electron chi connectivity index (χ1n) is 9.39. The number of amides is 3. The summed E-state index contributed by atoms with van der Waals surface area (Å²) in [5, 5.41) is 13.1. The molecule has 27 heavy (non-hydrogen) atoms. The molecule has 1 heterocycles. The van der Waals surface area contributed by atoms with Crippen molar-refractivity contribution in [3.05, 3.63) is 46.3 Å². The molecule has 0 bridgehead atoms. The molecule has 3 amide bonds. The molecule has 0 saturated heterocycles. The van der Waals surface area contributed by atoms with E-state index in [1.807, 2.05) is 6.92 Å². The molecule has 1 aromatic heterocycles. The topological polar surface area (TPSA) is 90.1 Å². The van der Waals surface area contributed by atoms with Crippen molar-refractivity contribution in [1.82, 2.24) is 20.4 Å². The van der Waals surface area contributed by atoms with Crippen molar-refractivity contribution in [2.24, 2.45) is 0 Å². The monoisotopic (exact) mass is 369 g/mol. The quantitative estimate of drug-likeness (QED) is 0.724. The second kappa shape index (κ2) is 8.24. The van der Waals surface area contributed by atoms with E-state index in [4.69, 9.17) is 0 Å². The van der Waals surface area contributed by atoms with Crippen LogP contribution in [0.4, 0.5) is 10.5 Å². The Kier molecular flexibility index (Phi) is 5.78. The van der Waals surface area contributed by atoms with Gasteiger partial charge in [0.05, 0.1) is 12.2 Å². The molecule has 0 aliphatic heterocycles. The van der Waals surface area contributed by atoms with Crippen molar-refractivity contribution in [1.29, 1.82) is 0 Å². The maximum Gasteiger partial charge on any atom is 0.321 e. The van der Waals surface area contributed by atoms with E-state index < -0.39 is 0 Å². The predicted molar refractivity (Wildman–Crippen MR) is 105 cm³/mol. The molecule has 7 heteroatoms. The highest BCUT2D eigenvalue weighted by atomic mass is 16.2. The molecule has 3 N–H and O–H groups in total. The lowest BCUT2D eigenvalue weighted by molar-refractivity contribution is 0.0963. The number of rotatable bonds is 4. The highest BCUT2D eigenvalue weighted by molar-refractivity contribution is 5.96. The van der Waals surface area contributed by atoms with Gasteiger partial charge in [-0.15, -0.1) is 0 Å². The zero-order valence-electron chi connectivity index (χ0n) is 16.2. The van der Waals surface area contributed by atoms with Crippen LogP contribution in [0.2, 0.25) is 0 Å². The third-order valence-electron chi connectivity index (χ3n) is 5.08. The maximum absolute atomic E-state index is 12.6. The molecule has 144 valence electrons. The van der Waals surface area contributed by atoms with E-state index in [1.165, 1.54) is 30.5 Å². The van der Waals surface area contributed by atoms with E-state index in [0.29, 0.717) is 17.8 Å². The summed E-state index contributed by atoms with van der Waals surface area (Å²) in [6.07, 6.45) is 5.66. The Balaban J connectivity index is 1.66. The fourth-order valence-corrected chi connectivity index (χ4v) is 3.45. The van der Waals surface area contributed by atoms with Gasteiger partial charge in [-0.05, 0) is 61.9 Å². The van der Waals surface area contributed by atoms with Gasteiger partial charge in [-0.1, -0.05) is 6.42 Å². The largest absolute Gasteiger partial charge is 0.355 e. The highest BCUT2D eigenvalue weighted by Gasteiger charge is 2.19. The average Bonchev–Trinajstić information content (AvgIpc) is 2.89. The summed E-state index contributed by atoms with van der Waals surface area (Å²) in [6, 6.07) is 5.03. The molecule has 0 fully saturated rings. The summed E-state index contributed by atoms with van der Waals surface area (Å²) in [4.78, 5) is 25.9. The summed E-state index contributed by atoms with van der Waals surface area (Å²) in [7, 11) is 3.36. The Bertz CT molecular complexity index is 843. The number of aromatic amines is 1. The second-order valence-electron chi connectivity index (χ2n) is 7.08. The summed E-state index contributed by atoms with van der Waals surface area (Å²) >= 11 is 0. The van der Waals surface area contributed by atoms with Crippen LogP contribution in [0.3, 0.4) is 0 Å². The van der Waals surface area contributed by atoms with Crippen LogP contribution < -0.4 is 10.6 Å². The van der Waals surface area contributed by atoms with Gasteiger partial charge in [0.1, 0.15) is 0 Å². The zero-order chi connectivity index (χ0) is 19.4. The number of aryl methyl sites for hydroxylation is 2. The molecule has 0 radical (unpaired) electrons. The fraction of sp³-hybridized carbons (Fsp3) is 0.450. The Morgan fingerprint density at radius 1 is 1.22 bits per heavy atom. The predicted octanol–water partition coefficient (Wildman–Crippen LogP) is 3.01. The molecule has 3 rings (SSSR count). The number of anilines is 1. The molecule has 1 aliphatic carbocycles. The number of hydrogen-bond acceptors (Lipinski definition) is 3. The van der Waals surface area contributed by atoms with E-state index in [1.54, 1.807) is 37.2 Å². The molecule has 2 aromatic rings. The van der Waals surface area contributed by atoms with Gasteiger partial charge in [0.15, 0.2) is 0 Å². The summed E-state index contributed by atoms with van der Waals surface area (Å²) < 4.78 is 0. The molecule has 1 aromatic carbocycles. The SMILES string of the molecule is CNC(=O)c1ccc(NC(=O)N(C)Cc2n[nH]c3c2CCCCC3)c(C)c1. The molecular formula is C20H27N5O2. The minimum atomic E-state index is -0.198. The molecule has 1 aliphatic rings. The van der Waals surface area contributed by atoms with Crippen molar-refractivity contribution in [3.63, 3.8) is 0 Å².